The van der Waals surface area contributed by atoms with E-state index in [9.17, 15) is 9.59 Å². The van der Waals surface area contributed by atoms with Crippen LogP contribution < -0.4 is 10.1 Å². The third-order valence-corrected chi connectivity index (χ3v) is 3.45. The van der Waals surface area contributed by atoms with Crippen molar-refractivity contribution in [2.75, 3.05) is 12.4 Å². The molecule has 0 spiro atoms. The second-order valence-electron chi connectivity index (χ2n) is 5.55. The largest absolute Gasteiger partial charge is 0.497 e. The molecule has 1 N–H and O–H groups in total. The number of carbonyl (C=O) groups is 2. The van der Waals surface area contributed by atoms with Crippen LogP contribution in [0.1, 0.15) is 18.1 Å². The molecule has 0 heterocycles. The Bertz CT molecular complexity index is 783. The number of rotatable bonds is 6. The van der Waals surface area contributed by atoms with Gasteiger partial charge in [-0.15, -0.1) is 0 Å². The van der Waals surface area contributed by atoms with Gasteiger partial charge in [-0.25, -0.2) is 4.79 Å². The molecule has 0 radical (unpaired) electrons. The van der Waals surface area contributed by atoms with Crippen LogP contribution in [0.3, 0.4) is 0 Å². The quantitative estimate of drug-likeness (QED) is 0.645. The molecule has 0 saturated heterocycles. The Kier molecular flexibility index (Phi) is 6.34. The molecule has 5 heteroatoms. The fourth-order valence-corrected chi connectivity index (χ4v) is 2.14. The van der Waals surface area contributed by atoms with Crippen LogP contribution in [0.2, 0.25) is 0 Å². The van der Waals surface area contributed by atoms with Gasteiger partial charge >= 0.3 is 5.97 Å². The standard InChI is InChI=1S/C20H21NO4/c1-14-6-4-8-17(12-14)21-20(23)15(2)25-19(22)11-10-16-7-5-9-18(13-16)24-3/h4-13,15H,1-3H3,(H,21,23)/b11-10+/t15-/m1/s1. The minimum Gasteiger partial charge on any atom is -0.497 e. The predicted molar refractivity (Wildman–Crippen MR) is 97.4 cm³/mol. The van der Waals surface area contributed by atoms with Gasteiger partial charge in [0.15, 0.2) is 6.10 Å². The molecule has 0 unspecified atom stereocenters. The highest BCUT2D eigenvalue weighted by atomic mass is 16.5. The number of esters is 1. The summed E-state index contributed by atoms with van der Waals surface area (Å²) in [4.78, 5) is 24.0. The molecule has 0 aliphatic heterocycles. The number of hydrogen-bond acceptors (Lipinski definition) is 4. The highest BCUT2D eigenvalue weighted by molar-refractivity contribution is 5.96. The van der Waals surface area contributed by atoms with Crippen molar-refractivity contribution in [3.05, 3.63) is 65.7 Å². The van der Waals surface area contributed by atoms with Crippen LogP contribution in [0.5, 0.6) is 5.75 Å². The van der Waals surface area contributed by atoms with Gasteiger partial charge in [-0.3, -0.25) is 4.79 Å². The van der Waals surface area contributed by atoms with Gasteiger partial charge < -0.3 is 14.8 Å². The van der Waals surface area contributed by atoms with Crippen molar-refractivity contribution in [1.82, 2.24) is 0 Å². The van der Waals surface area contributed by atoms with Crippen LogP contribution in [-0.4, -0.2) is 25.1 Å². The number of amides is 1. The topological polar surface area (TPSA) is 64.6 Å². The Morgan fingerprint density at radius 2 is 1.88 bits per heavy atom. The predicted octanol–water partition coefficient (Wildman–Crippen LogP) is 3.59. The molecule has 0 aliphatic carbocycles. The van der Waals surface area contributed by atoms with Crippen molar-refractivity contribution < 1.29 is 19.1 Å². The van der Waals surface area contributed by atoms with Gasteiger partial charge in [-0.05, 0) is 55.3 Å². The fraction of sp³-hybridized carbons (Fsp3) is 0.200. The van der Waals surface area contributed by atoms with E-state index in [1.54, 1.807) is 25.3 Å². The van der Waals surface area contributed by atoms with Crippen molar-refractivity contribution in [1.29, 1.82) is 0 Å². The fourth-order valence-electron chi connectivity index (χ4n) is 2.14. The first-order valence-electron chi connectivity index (χ1n) is 7.88. The highest BCUT2D eigenvalue weighted by Crippen LogP contribution is 2.14. The van der Waals surface area contributed by atoms with Gasteiger partial charge in [0.1, 0.15) is 5.75 Å². The van der Waals surface area contributed by atoms with Gasteiger partial charge in [0.05, 0.1) is 7.11 Å². The molecule has 0 fully saturated rings. The molecular formula is C20H21NO4. The first-order chi connectivity index (χ1) is 12.0. The average Bonchev–Trinajstić information content (AvgIpc) is 2.60. The van der Waals surface area contributed by atoms with Crippen LogP contribution in [0.4, 0.5) is 5.69 Å². The monoisotopic (exact) mass is 339 g/mol. The number of hydrogen-bond donors (Lipinski definition) is 1. The van der Waals surface area contributed by atoms with Gasteiger partial charge in [0, 0.05) is 11.8 Å². The zero-order valence-electron chi connectivity index (χ0n) is 14.5. The van der Waals surface area contributed by atoms with Crippen LogP contribution in [0.15, 0.2) is 54.6 Å². The van der Waals surface area contributed by atoms with Crippen molar-refractivity contribution in [3.63, 3.8) is 0 Å². The van der Waals surface area contributed by atoms with E-state index in [-0.39, 0.29) is 5.91 Å². The molecule has 1 amide bonds. The summed E-state index contributed by atoms with van der Waals surface area (Å²) in [5.41, 5.74) is 2.50. The molecule has 130 valence electrons. The smallest absolute Gasteiger partial charge is 0.331 e. The van der Waals surface area contributed by atoms with Gasteiger partial charge in [-0.1, -0.05) is 24.3 Å². The van der Waals surface area contributed by atoms with Crippen LogP contribution in [0, 0.1) is 6.92 Å². The number of anilines is 1. The van der Waals surface area contributed by atoms with Gasteiger partial charge in [0.2, 0.25) is 0 Å². The number of methoxy groups -OCH3 is 1. The Morgan fingerprint density at radius 1 is 1.12 bits per heavy atom. The maximum absolute atomic E-state index is 12.1. The lowest BCUT2D eigenvalue weighted by molar-refractivity contribution is -0.148. The highest BCUT2D eigenvalue weighted by Gasteiger charge is 2.16. The van der Waals surface area contributed by atoms with Crippen molar-refractivity contribution in [2.45, 2.75) is 20.0 Å². The molecule has 1 atom stereocenters. The zero-order valence-corrected chi connectivity index (χ0v) is 14.5. The number of ether oxygens (including phenoxy) is 2. The molecule has 5 nitrogen and oxygen atoms in total. The second-order valence-corrected chi connectivity index (χ2v) is 5.55. The summed E-state index contributed by atoms with van der Waals surface area (Å²) in [7, 11) is 1.58. The summed E-state index contributed by atoms with van der Waals surface area (Å²) in [6.45, 7) is 3.46. The molecule has 0 bridgehead atoms. The van der Waals surface area contributed by atoms with Crippen molar-refractivity contribution in [2.24, 2.45) is 0 Å². The summed E-state index contributed by atoms with van der Waals surface area (Å²) in [6.07, 6.45) is 1.99. The minimum absolute atomic E-state index is 0.381. The summed E-state index contributed by atoms with van der Waals surface area (Å²) in [6, 6.07) is 14.7. The van der Waals surface area contributed by atoms with E-state index in [4.69, 9.17) is 9.47 Å². The van der Waals surface area contributed by atoms with Crippen LogP contribution in [-0.2, 0) is 14.3 Å². The summed E-state index contributed by atoms with van der Waals surface area (Å²) in [5, 5.41) is 2.72. The van der Waals surface area contributed by atoms with E-state index >= 15 is 0 Å². The maximum atomic E-state index is 12.1. The van der Waals surface area contributed by atoms with Crippen molar-refractivity contribution in [3.8, 4) is 5.75 Å². The van der Waals surface area contributed by atoms with E-state index in [1.165, 1.54) is 13.0 Å². The Balaban J connectivity index is 1.90. The van der Waals surface area contributed by atoms with Gasteiger partial charge in [0.25, 0.3) is 5.91 Å². The lowest BCUT2D eigenvalue weighted by atomic mass is 10.2. The lowest BCUT2D eigenvalue weighted by Gasteiger charge is -2.12. The van der Waals surface area contributed by atoms with Gasteiger partial charge in [-0.2, -0.15) is 0 Å². The van der Waals surface area contributed by atoms with Crippen LogP contribution >= 0.6 is 0 Å². The number of benzene rings is 2. The average molecular weight is 339 g/mol. The summed E-state index contributed by atoms with van der Waals surface area (Å²) < 4.78 is 10.2. The van der Waals surface area contributed by atoms with Crippen molar-refractivity contribution >= 4 is 23.6 Å². The molecule has 0 aromatic heterocycles. The number of aryl methyl sites for hydroxylation is 1. The summed E-state index contributed by atoms with van der Waals surface area (Å²) >= 11 is 0. The molecule has 2 aromatic rings. The van der Waals surface area contributed by atoms with E-state index in [0.717, 1.165) is 11.1 Å². The molecule has 0 saturated carbocycles. The summed E-state index contributed by atoms with van der Waals surface area (Å²) in [5.74, 6) is -0.273. The third kappa shape index (κ3) is 5.80. The number of carbonyl (C=O) groups excluding carboxylic acids is 2. The zero-order chi connectivity index (χ0) is 18.2. The first kappa shape index (κ1) is 18.3. The van der Waals surface area contributed by atoms with E-state index in [0.29, 0.717) is 11.4 Å². The molecular weight excluding hydrogens is 318 g/mol. The normalized spacial score (nSPS) is 11.8. The Labute approximate surface area is 147 Å². The SMILES string of the molecule is COc1cccc(/C=C/C(=O)O[C@H](C)C(=O)Nc2cccc(C)c2)c1. The molecule has 2 rings (SSSR count). The maximum Gasteiger partial charge on any atom is 0.331 e. The minimum atomic E-state index is -0.900. The molecule has 2 aromatic carbocycles. The Hall–Kier alpha value is -3.08. The second kappa shape index (κ2) is 8.68. The number of nitrogens with one attached hydrogen (secondary N) is 1. The van der Waals surface area contributed by atoms with E-state index < -0.39 is 12.1 Å². The lowest BCUT2D eigenvalue weighted by Crippen LogP contribution is -2.29. The van der Waals surface area contributed by atoms with E-state index in [1.807, 2.05) is 43.3 Å². The Morgan fingerprint density at radius 3 is 2.60 bits per heavy atom. The molecule has 25 heavy (non-hydrogen) atoms. The third-order valence-electron chi connectivity index (χ3n) is 3.45. The van der Waals surface area contributed by atoms with Crippen LogP contribution in [0.25, 0.3) is 6.08 Å². The molecule has 0 aliphatic rings. The van der Waals surface area contributed by atoms with E-state index in [2.05, 4.69) is 5.32 Å². The first-order valence-corrected chi connectivity index (χ1v) is 7.88.